The van der Waals surface area contributed by atoms with Crippen LogP contribution in [0.1, 0.15) is 24.5 Å². The number of benzene rings is 2. The first-order chi connectivity index (χ1) is 9.70. The van der Waals surface area contributed by atoms with Gasteiger partial charge in [-0.1, -0.05) is 49.4 Å². The van der Waals surface area contributed by atoms with E-state index in [0.717, 1.165) is 19.4 Å². The van der Waals surface area contributed by atoms with Crippen molar-refractivity contribution in [3.8, 4) is 0 Å². The van der Waals surface area contributed by atoms with E-state index >= 15 is 0 Å². The molecule has 106 valence electrons. The van der Waals surface area contributed by atoms with Crippen molar-refractivity contribution in [1.82, 2.24) is 5.32 Å². The van der Waals surface area contributed by atoms with Crippen LogP contribution < -0.4 is 5.32 Å². The SMILES string of the molecule is CCC(CNC)(Cc1ccc(F)cc1)c1ccccc1. The highest BCUT2D eigenvalue weighted by molar-refractivity contribution is 5.30. The van der Waals surface area contributed by atoms with Crippen molar-refractivity contribution in [2.45, 2.75) is 25.2 Å². The average Bonchev–Trinajstić information content (AvgIpc) is 2.50. The van der Waals surface area contributed by atoms with Crippen LogP contribution in [0.2, 0.25) is 0 Å². The molecular weight excluding hydrogens is 249 g/mol. The lowest BCUT2D eigenvalue weighted by Gasteiger charge is -2.33. The molecule has 0 amide bonds. The van der Waals surface area contributed by atoms with Crippen LogP contribution in [-0.4, -0.2) is 13.6 Å². The molecule has 0 heterocycles. The minimum Gasteiger partial charge on any atom is -0.319 e. The molecular formula is C18H22FN. The minimum atomic E-state index is -0.177. The van der Waals surface area contributed by atoms with Gasteiger partial charge in [-0.2, -0.15) is 0 Å². The summed E-state index contributed by atoms with van der Waals surface area (Å²) in [4.78, 5) is 0. The molecule has 1 unspecified atom stereocenters. The van der Waals surface area contributed by atoms with Crippen LogP contribution in [0.4, 0.5) is 4.39 Å². The van der Waals surface area contributed by atoms with Crippen molar-refractivity contribution in [3.63, 3.8) is 0 Å². The average molecular weight is 271 g/mol. The quantitative estimate of drug-likeness (QED) is 0.839. The van der Waals surface area contributed by atoms with E-state index in [0.29, 0.717) is 0 Å². The van der Waals surface area contributed by atoms with Crippen molar-refractivity contribution in [2.24, 2.45) is 0 Å². The largest absolute Gasteiger partial charge is 0.319 e. The normalized spacial score (nSPS) is 13.9. The molecule has 0 radical (unpaired) electrons. The van der Waals surface area contributed by atoms with E-state index < -0.39 is 0 Å². The Morgan fingerprint density at radius 2 is 1.65 bits per heavy atom. The Morgan fingerprint density at radius 1 is 1.00 bits per heavy atom. The summed E-state index contributed by atoms with van der Waals surface area (Å²) < 4.78 is 13.1. The van der Waals surface area contributed by atoms with Crippen molar-refractivity contribution >= 4 is 0 Å². The highest BCUT2D eigenvalue weighted by atomic mass is 19.1. The van der Waals surface area contributed by atoms with E-state index in [-0.39, 0.29) is 11.2 Å². The Morgan fingerprint density at radius 3 is 2.20 bits per heavy atom. The smallest absolute Gasteiger partial charge is 0.123 e. The van der Waals surface area contributed by atoms with Crippen LogP contribution >= 0.6 is 0 Å². The maximum Gasteiger partial charge on any atom is 0.123 e. The summed E-state index contributed by atoms with van der Waals surface area (Å²) in [5.74, 6) is -0.177. The van der Waals surface area contributed by atoms with E-state index in [9.17, 15) is 4.39 Å². The second-order valence-electron chi connectivity index (χ2n) is 5.33. The van der Waals surface area contributed by atoms with Gasteiger partial charge in [0.1, 0.15) is 5.82 Å². The topological polar surface area (TPSA) is 12.0 Å². The molecule has 0 aromatic heterocycles. The van der Waals surface area contributed by atoms with Crippen molar-refractivity contribution < 1.29 is 4.39 Å². The Balaban J connectivity index is 2.34. The first kappa shape index (κ1) is 14.7. The summed E-state index contributed by atoms with van der Waals surface area (Å²) in [6.07, 6.45) is 1.95. The van der Waals surface area contributed by atoms with Gasteiger partial charge in [0, 0.05) is 12.0 Å². The van der Waals surface area contributed by atoms with Gasteiger partial charge < -0.3 is 5.32 Å². The number of likely N-dealkylation sites (N-methyl/N-ethyl adjacent to an activating group) is 1. The molecule has 0 saturated carbocycles. The number of rotatable bonds is 6. The van der Waals surface area contributed by atoms with E-state index in [1.165, 1.54) is 11.1 Å². The molecule has 2 heteroatoms. The molecule has 1 atom stereocenters. The van der Waals surface area contributed by atoms with Crippen molar-refractivity contribution in [2.75, 3.05) is 13.6 Å². The molecule has 0 bridgehead atoms. The summed E-state index contributed by atoms with van der Waals surface area (Å²) in [6.45, 7) is 3.12. The second-order valence-corrected chi connectivity index (χ2v) is 5.33. The van der Waals surface area contributed by atoms with Crippen LogP contribution in [0, 0.1) is 5.82 Å². The van der Waals surface area contributed by atoms with E-state index in [4.69, 9.17) is 0 Å². The van der Waals surface area contributed by atoms with Crippen molar-refractivity contribution in [3.05, 3.63) is 71.5 Å². The molecule has 1 nitrogen and oxygen atoms in total. The Kier molecular flexibility index (Phi) is 4.91. The zero-order valence-electron chi connectivity index (χ0n) is 12.2. The van der Waals surface area contributed by atoms with E-state index in [1.807, 2.05) is 25.2 Å². The summed E-state index contributed by atoms with van der Waals surface area (Å²) in [5, 5.41) is 3.32. The number of halogens is 1. The fourth-order valence-corrected chi connectivity index (χ4v) is 2.84. The van der Waals surface area contributed by atoms with E-state index in [2.05, 4.69) is 36.5 Å². The van der Waals surface area contributed by atoms with Crippen LogP contribution in [0.5, 0.6) is 0 Å². The van der Waals surface area contributed by atoms with Gasteiger partial charge in [-0.25, -0.2) is 4.39 Å². The molecule has 0 saturated heterocycles. The lowest BCUT2D eigenvalue weighted by atomic mass is 9.73. The third-order valence-corrected chi connectivity index (χ3v) is 4.03. The highest BCUT2D eigenvalue weighted by Gasteiger charge is 2.29. The maximum absolute atomic E-state index is 13.1. The van der Waals surface area contributed by atoms with Gasteiger partial charge in [0.25, 0.3) is 0 Å². The number of hydrogen-bond acceptors (Lipinski definition) is 1. The molecule has 0 spiro atoms. The van der Waals surface area contributed by atoms with Gasteiger partial charge >= 0.3 is 0 Å². The summed E-state index contributed by atoms with van der Waals surface area (Å²) in [6, 6.07) is 17.4. The van der Waals surface area contributed by atoms with Crippen molar-refractivity contribution in [1.29, 1.82) is 0 Å². The maximum atomic E-state index is 13.1. The first-order valence-electron chi connectivity index (χ1n) is 7.15. The fourth-order valence-electron chi connectivity index (χ4n) is 2.84. The van der Waals surface area contributed by atoms with Crippen LogP contribution in [0.3, 0.4) is 0 Å². The third kappa shape index (κ3) is 3.26. The van der Waals surface area contributed by atoms with Gasteiger partial charge in [-0.3, -0.25) is 0 Å². The minimum absolute atomic E-state index is 0.0494. The van der Waals surface area contributed by atoms with Gasteiger partial charge in [0.05, 0.1) is 0 Å². The molecule has 2 aromatic rings. The Labute approximate surface area is 120 Å². The zero-order chi connectivity index (χ0) is 14.4. The molecule has 1 N–H and O–H groups in total. The van der Waals surface area contributed by atoms with Gasteiger partial charge in [0.15, 0.2) is 0 Å². The summed E-state index contributed by atoms with van der Waals surface area (Å²) in [7, 11) is 1.98. The van der Waals surface area contributed by atoms with E-state index in [1.54, 1.807) is 12.1 Å². The third-order valence-electron chi connectivity index (χ3n) is 4.03. The number of hydrogen-bond donors (Lipinski definition) is 1. The lowest BCUT2D eigenvalue weighted by Crippen LogP contribution is -2.38. The predicted octanol–water partition coefficient (Wildman–Crippen LogP) is 3.94. The molecule has 0 aliphatic heterocycles. The van der Waals surface area contributed by atoms with Gasteiger partial charge in [-0.15, -0.1) is 0 Å². The number of nitrogens with one attached hydrogen (secondary N) is 1. The lowest BCUT2D eigenvalue weighted by molar-refractivity contribution is 0.390. The van der Waals surface area contributed by atoms with Gasteiger partial charge in [0.2, 0.25) is 0 Å². The Hall–Kier alpha value is -1.67. The molecule has 20 heavy (non-hydrogen) atoms. The highest BCUT2D eigenvalue weighted by Crippen LogP contribution is 2.31. The molecule has 0 fully saturated rings. The molecule has 0 aliphatic rings. The van der Waals surface area contributed by atoms with Crippen LogP contribution in [0.25, 0.3) is 0 Å². The summed E-state index contributed by atoms with van der Waals surface area (Å²) >= 11 is 0. The zero-order valence-corrected chi connectivity index (χ0v) is 12.2. The van der Waals surface area contributed by atoms with Crippen LogP contribution in [-0.2, 0) is 11.8 Å². The molecule has 2 aromatic carbocycles. The van der Waals surface area contributed by atoms with Crippen LogP contribution in [0.15, 0.2) is 54.6 Å². The second kappa shape index (κ2) is 6.67. The Bertz CT molecular complexity index is 521. The monoisotopic (exact) mass is 271 g/mol. The summed E-state index contributed by atoms with van der Waals surface area (Å²) in [5.41, 5.74) is 2.56. The van der Waals surface area contributed by atoms with Gasteiger partial charge in [-0.05, 0) is 43.1 Å². The molecule has 0 aliphatic carbocycles. The fraction of sp³-hybridized carbons (Fsp3) is 0.333. The predicted molar refractivity (Wildman–Crippen MR) is 82.4 cm³/mol. The first-order valence-corrected chi connectivity index (χ1v) is 7.15. The standard InChI is InChI=1S/C18H22FN/c1-3-18(14-20-2,16-7-5-4-6-8-16)13-15-9-11-17(19)12-10-15/h4-12,20H,3,13-14H2,1-2H3. The molecule has 2 rings (SSSR count).